The third-order valence-electron chi connectivity index (χ3n) is 3.71. The van der Waals surface area contributed by atoms with Crippen molar-refractivity contribution in [3.63, 3.8) is 0 Å². The topological polar surface area (TPSA) is 55.1 Å². The van der Waals surface area contributed by atoms with E-state index in [4.69, 9.17) is 5.73 Å². The highest BCUT2D eigenvalue weighted by molar-refractivity contribution is 5.82. The van der Waals surface area contributed by atoms with Crippen LogP contribution in [0.1, 0.15) is 39.7 Å². The van der Waals surface area contributed by atoms with E-state index in [2.05, 4.69) is 5.32 Å². The van der Waals surface area contributed by atoms with Gasteiger partial charge in [0.05, 0.1) is 5.54 Å². The SMILES string of the molecule is CCC(C)(C)C(=O)NC(C)(CN)c1ccccc1. The van der Waals surface area contributed by atoms with Crippen LogP contribution in [0.3, 0.4) is 0 Å². The first-order chi connectivity index (χ1) is 8.35. The van der Waals surface area contributed by atoms with Gasteiger partial charge in [0.2, 0.25) is 5.91 Å². The molecule has 1 amide bonds. The molecule has 3 nitrogen and oxygen atoms in total. The fourth-order valence-corrected chi connectivity index (χ4v) is 1.63. The molecule has 100 valence electrons. The molecule has 18 heavy (non-hydrogen) atoms. The predicted octanol–water partition coefficient (Wildman–Crippen LogP) is 2.41. The van der Waals surface area contributed by atoms with Gasteiger partial charge in [-0.25, -0.2) is 0 Å². The first-order valence-corrected chi connectivity index (χ1v) is 6.44. The molecule has 0 aliphatic carbocycles. The molecule has 1 aromatic rings. The van der Waals surface area contributed by atoms with Gasteiger partial charge >= 0.3 is 0 Å². The molecule has 1 aromatic carbocycles. The number of amides is 1. The Labute approximate surface area is 110 Å². The summed E-state index contributed by atoms with van der Waals surface area (Å²) in [5.74, 6) is 0.0433. The van der Waals surface area contributed by atoms with Crippen LogP contribution in [0.25, 0.3) is 0 Å². The molecular formula is C15H24N2O. The van der Waals surface area contributed by atoms with E-state index in [1.54, 1.807) is 0 Å². The minimum Gasteiger partial charge on any atom is -0.345 e. The van der Waals surface area contributed by atoms with Gasteiger partial charge in [0.1, 0.15) is 0 Å². The second kappa shape index (κ2) is 5.53. The fraction of sp³-hybridized carbons (Fsp3) is 0.533. The van der Waals surface area contributed by atoms with Gasteiger partial charge < -0.3 is 11.1 Å². The van der Waals surface area contributed by atoms with Gasteiger partial charge in [-0.2, -0.15) is 0 Å². The molecule has 0 heterocycles. The second-order valence-electron chi connectivity index (χ2n) is 5.59. The van der Waals surface area contributed by atoms with Gasteiger partial charge in [-0.3, -0.25) is 4.79 Å². The predicted molar refractivity (Wildman–Crippen MR) is 75.1 cm³/mol. The Hall–Kier alpha value is -1.35. The smallest absolute Gasteiger partial charge is 0.226 e. The van der Waals surface area contributed by atoms with Crippen LogP contribution in [0.4, 0.5) is 0 Å². The minimum atomic E-state index is -0.509. The van der Waals surface area contributed by atoms with Crippen LogP contribution in [0.5, 0.6) is 0 Å². The van der Waals surface area contributed by atoms with Gasteiger partial charge in [0.15, 0.2) is 0 Å². The summed E-state index contributed by atoms with van der Waals surface area (Å²) in [6.45, 7) is 8.25. The van der Waals surface area contributed by atoms with Gasteiger partial charge in [-0.05, 0) is 18.9 Å². The highest BCUT2D eigenvalue weighted by Gasteiger charge is 2.33. The Morgan fingerprint density at radius 2 is 1.78 bits per heavy atom. The number of rotatable bonds is 5. The first-order valence-electron chi connectivity index (χ1n) is 6.44. The molecule has 0 saturated carbocycles. The van der Waals surface area contributed by atoms with Crippen molar-refractivity contribution >= 4 is 5.91 Å². The average Bonchev–Trinajstić information content (AvgIpc) is 2.39. The monoisotopic (exact) mass is 248 g/mol. The number of nitrogens with one attached hydrogen (secondary N) is 1. The van der Waals surface area contributed by atoms with Crippen molar-refractivity contribution < 1.29 is 4.79 Å². The lowest BCUT2D eigenvalue weighted by atomic mass is 9.85. The van der Waals surface area contributed by atoms with E-state index in [9.17, 15) is 4.79 Å². The number of nitrogens with two attached hydrogens (primary N) is 1. The van der Waals surface area contributed by atoms with E-state index in [1.165, 1.54) is 0 Å². The third-order valence-corrected chi connectivity index (χ3v) is 3.71. The maximum absolute atomic E-state index is 12.3. The number of carbonyl (C=O) groups is 1. The molecule has 0 aliphatic rings. The van der Waals surface area contributed by atoms with Crippen LogP contribution >= 0.6 is 0 Å². The van der Waals surface area contributed by atoms with Crippen molar-refractivity contribution in [1.29, 1.82) is 0 Å². The van der Waals surface area contributed by atoms with E-state index < -0.39 is 5.54 Å². The Morgan fingerprint density at radius 1 is 1.22 bits per heavy atom. The van der Waals surface area contributed by atoms with Crippen molar-refractivity contribution in [2.45, 2.75) is 39.7 Å². The molecule has 1 rings (SSSR count). The zero-order valence-electron chi connectivity index (χ0n) is 11.8. The number of hydrogen-bond acceptors (Lipinski definition) is 2. The van der Waals surface area contributed by atoms with E-state index in [0.29, 0.717) is 6.54 Å². The van der Waals surface area contributed by atoms with Crippen LogP contribution in [0.15, 0.2) is 30.3 Å². The second-order valence-corrected chi connectivity index (χ2v) is 5.59. The van der Waals surface area contributed by atoms with E-state index >= 15 is 0 Å². The molecule has 0 aromatic heterocycles. The molecule has 0 radical (unpaired) electrons. The van der Waals surface area contributed by atoms with Crippen molar-refractivity contribution in [3.8, 4) is 0 Å². The van der Waals surface area contributed by atoms with Gasteiger partial charge in [0.25, 0.3) is 0 Å². The Kier molecular flexibility index (Phi) is 4.52. The standard InChI is InChI=1S/C15H24N2O/c1-5-14(2,3)13(18)17-15(4,11-16)12-9-7-6-8-10-12/h6-10H,5,11,16H2,1-4H3,(H,17,18). The number of carbonyl (C=O) groups excluding carboxylic acids is 1. The molecule has 0 fully saturated rings. The molecule has 1 atom stereocenters. The highest BCUT2D eigenvalue weighted by Crippen LogP contribution is 2.25. The van der Waals surface area contributed by atoms with E-state index in [0.717, 1.165) is 12.0 Å². The van der Waals surface area contributed by atoms with Gasteiger partial charge in [-0.15, -0.1) is 0 Å². The minimum absolute atomic E-state index is 0.0433. The van der Waals surface area contributed by atoms with Crippen LogP contribution in [0, 0.1) is 5.41 Å². The molecular weight excluding hydrogens is 224 g/mol. The molecule has 1 unspecified atom stereocenters. The quantitative estimate of drug-likeness (QED) is 0.840. The summed E-state index contributed by atoms with van der Waals surface area (Å²) in [5, 5.41) is 3.09. The summed E-state index contributed by atoms with van der Waals surface area (Å²) in [6, 6.07) is 9.86. The third kappa shape index (κ3) is 3.10. The Bertz CT molecular complexity index is 400. The summed E-state index contributed by atoms with van der Waals surface area (Å²) < 4.78 is 0. The van der Waals surface area contributed by atoms with Crippen molar-refractivity contribution in [2.75, 3.05) is 6.54 Å². The zero-order valence-corrected chi connectivity index (χ0v) is 11.8. The summed E-state index contributed by atoms with van der Waals surface area (Å²) in [4.78, 5) is 12.3. The molecule has 0 aliphatic heterocycles. The van der Waals surface area contributed by atoms with Gasteiger partial charge in [0, 0.05) is 12.0 Å². The van der Waals surface area contributed by atoms with Crippen molar-refractivity contribution in [1.82, 2.24) is 5.32 Å². The van der Waals surface area contributed by atoms with Crippen LogP contribution in [-0.4, -0.2) is 12.5 Å². The molecule has 0 spiro atoms. The maximum Gasteiger partial charge on any atom is 0.226 e. The summed E-state index contributed by atoms with van der Waals surface area (Å²) in [6.07, 6.45) is 0.800. The molecule has 0 saturated heterocycles. The van der Waals surface area contributed by atoms with Crippen LogP contribution in [0.2, 0.25) is 0 Å². The highest BCUT2D eigenvalue weighted by atomic mass is 16.2. The molecule has 3 N–H and O–H groups in total. The molecule has 3 heteroatoms. The van der Waals surface area contributed by atoms with Crippen LogP contribution in [-0.2, 0) is 10.3 Å². The molecule has 0 bridgehead atoms. The number of benzene rings is 1. The van der Waals surface area contributed by atoms with Crippen molar-refractivity contribution in [2.24, 2.45) is 11.1 Å². The van der Waals surface area contributed by atoms with Crippen LogP contribution < -0.4 is 11.1 Å². The van der Waals surface area contributed by atoms with Gasteiger partial charge in [-0.1, -0.05) is 51.1 Å². The van der Waals surface area contributed by atoms with E-state index in [1.807, 2.05) is 58.0 Å². The summed E-state index contributed by atoms with van der Waals surface area (Å²) in [7, 11) is 0. The first kappa shape index (κ1) is 14.7. The largest absolute Gasteiger partial charge is 0.345 e. The Morgan fingerprint density at radius 3 is 2.22 bits per heavy atom. The summed E-state index contributed by atoms with van der Waals surface area (Å²) >= 11 is 0. The normalized spacial score (nSPS) is 14.9. The Balaban J connectivity index is 2.95. The lowest BCUT2D eigenvalue weighted by molar-refractivity contribution is -0.131. The fourth-order valence-electron chi connectivity index (χ4n) is 1.63. The lowest BCUT2D eigenvalue weighted by Gasteiger charge is -2.34. The van der Waals surface area contributed by atoms with Crippen molar-refractivity contribution in [3.05, 3.63) is 35.9 Å². The number of hydrogen-bond donors (Lipinski definition) is 2. The maximum atomic E-state index is 12.3. The average molecular weight is 248 g/mol. The lowest BCUT2D eigenvalue weighted by Crippen LogP contribution is -2.52. The summed E-state index contributed by atoms with van der Waals surface area (Å²) in [5.41, 5.74) is 6.01. The van der Waals surface area contributed by atoms with E-state index in [-0.39, 0.29) is 11.3 Å². The zero-order chi connectivity index (χ0) is 13.8.